The molecule has 168 valence electrons. The van der Waals surface area contributed by atoms with Gasteiger partial charge in [0, 0.05) is 30.9 Å². The first-order valence-electron chi connectivity index (χ1n) is 10.2. The van der Waals surface area contributed by atoms with E-state index in [-0.39, 0.29) is 47.2 Å². The van der Waals surface area contributed by atoms with Crippen LogP contribution in [0.2, 0.25) is 5.15 Å². The topological polar surface area (TPSA) is 71.1 Å². The minimum absolute atomic E-state index is 0.136. The van der Waals surface area contributed by atoms with Crippen LogP contribution in [0.5, 0.6) is 0 Å². The number of halogens is 4. The number of pyridine rings is 1. The Balaban J connectivity index is 1.51. The Bertz CT molecular complexity index is 1200. The molecule has 0 bridgehead atoms. The first-order valence-corrected chi connectivity index (χ1v) is 10.5. The Morgan fingerprint density at radius 2 is 2.03 bits per heavy atom. The molecule has 4 heterocycles. The molecule has 1 aliphatic heterocycles. The molecular weight excluding hydrogens is 449 g/mol. The molecule has 1 saturated heterocycles. The molecule has 11 heteroatoms. The molecule has 0 radical (unpaired) electrons. The minimum atomic E-state index is -4.73. The number of nitrogens with zero attached hydrogens (tertiary/aromatic N) is 4. The van der Waals surface area contributed by atoms with Crippen LogP contribution < -0.4 is 0 Å². The first kappa shape index (κ1) is 20.9. The normalized spacial score (nSPS) is 17.8. The zero-order chi connectivity index (χ0) is 22.6. The lowest BCUT2D eigenvalue weighted by molar-refractivity contribution is -0.139. The van der Waals surface area contributed by atoms with Crippen LogP contribution in [-0.4, -0.2) is 56.7 Å². The van der Waals surface area contributed by atoms with Crippen molar-refractivity contribution < 1.29 is 27.2 Å². The summed E-state index contributed by atoms with van der Waals surface area (Å²) in [6, 6.07) is 4.20. The first-order chi connectivity index (χ1) is 15.2. The highest BCUT2D eigenvalue weighted by Gasteiger charge is 2.38. The van der Waals surface area contributed by atoms with Gasteiger partial charge in [0.05, 0.1) is 11.8 Å². The van der Waals surface area contributed by atoms with Gasteiger partial charge in [-0.1, -0.05) is 11.6 Å². The number of amides is 2. The summed E-state index contributed by atoms with van der Waals surface area (Å²) < 4.78 is 47.6. The number of furan rings is 1. The number of rotatable bonds is 3. The van der Waals surface area contributed by atoms with E-state index in [4.69, 9.17) is 16.0 Å². The molecule has 0 aromatic carbocycles. The van der Waals surface area contributed by atoms with Crippen molar-refractivity contribution in [1.82, 2.24) is 19.2 Å². The van der Waals surface area contributed by atoms with Crippen molar-refractivity contribution in [1.29, 1.82) is 0 Å². The Hall–Kier alpha value is -3.01. The molecule has 0 N–H and O–H groups in total. The summed E-state index contributed by atoms with van der Waals surface area (Å²) in [6.07, 6.45) is 0.942. The van der Waals surface area contributed by atoms with Gasteiger partial charge in [-0.25, -0.2) is 4.98 Å². The number of aromatic nitrogens is 2. The summed E-state index contributed by atoms with van der Waals surface area (Å²) in [6.45, 7) is 0.509. The molecule has 0 atom stereocenters. The number of alkyl halides is 3. The summed E-state index contributed by atoms with van der Waals surface area (Å²) in [4.78, 5) is 32.6. The summed E-state index contributed by atoms with van der Waals surface area (Å²) in [5.41, 5.74) is -1.71. The standard InChI is InChI=1S/C21H18ClF3N4O3/c22-18-17(20(31)27-6-7-28(16(30)11-27)13-3-1-4-13)26-19-14(21(23,24)25)9-12(10-29(18)19)15-5-2-8-32-15/h2,5,8-10,13H,1,3-4,6-7,11H2. The van der Waals surface area contributed by atoms with Gasteiger partial charge in [0.25, 0.3) is 5.91 Å². The van der Waals surface area contributed by atoms with E-state index in [2.05, 4.69) is 4.98 Å². The molecule has 32 heavy (non-hydrogen) atoms. The molecule has 2 fully saturated rings. The Labute approximate surface area is 185 Å². The van der Waals surface area contributed by atoms with Gasteiger partial charge in [0.1, 0.15) is 17.5 Å². The highest BCUT2D eigenvalue weighted by molar-refractivity contribution is 6.33. The Morgan fingerprint density at radius 3 is 2.62 bits per heavy atom. The highest BCUT2D eigenvalue weighted by Crippen LogP contribution is 2.37. The quantitative estimate of drug-likeness (QED) is 0.582. The zero-order valence-corrected chi connectivity index (χ0v) is 17.5. The molecule has 1 saturated carbocycles. The van der Waals surface area contributed by atoms with Gasteiger partial charge >= 0.3 is 6.18 Å². The van der Waals surface area contributed by atoms with E-state index in [1.165, 1.54) is 23.4 Å². The maximum atomic E-state index is 13.8. The van der Waals surface area contributed by atoms with Crippen molar-refractivity contribution >= 4 is 29.1 Å². The van der Waals surface area contributed by atoms with Gasteiger partial charge in [0.15, 0.2) is 11.3 Å². The molecule has 2 aliphatic rings. The molecular formula is C21H18ClF3N4O3. The van der Waals surface area contributed by atoms with Crippen LogP contribution in [0.4, 0.5) is 13.2 Å². The maximum Gasteiger partial charge on any atom is 0.420 e. The lowest BCUT2D eigenvalue weighted by Gasteiger charge is -2.42. The monoisotopic (exact) mass is 466 g/mol. The molecule has 3 aromatic rings. The van der Waals surface area contributed by atoms with E-state index in [1.807, 2.05) is 0 Å². The van der Waals surface area contributed by atoms with Crippen LogP contribution in [0.25, 0.3) is 17.0 Å². The van der Waals surface area contributed by atoms with Crippen molar-refractivity contribution in [3.63, 3.8) is 0 Å². The predicted molar refractivity (Wildman–Crippen MR) is 108 cm³/mol. The van der Waals surface area contributed by atoms with Gasteiger partial charge < -0.3 is 14.2 Å². The van der Waals surface area contributed by atoms with Crippen LogP contribution in [-0.2, 0) is 11.0 Å². The average Bonchev–Trinajstić information content (AvgIpc) is 3.35. The second kappa shape index (κ2) is 7.54. The molecule has 3 aromatic heterocycles. The van der Waals surface area contributed by atoms with Crippen LogP contribution in [0.3, 0.4) is 0 Å². The smallest absolute Gasteiger partial charge is 0.420 e. The second-order valence-electron chi connectivity index (χ2n) is 7.96. The van der Waals surface area contributed by atoms with Gasteiger partial charge in [-0.15, -0.1) is 0 Å². The van der Waals surface area contributed by atoms with Crippen molar-refractivity contribution in [2.24, 2.45) is 0 Å². The fourth-order valence-corrected chi connectivity index (χ4v) is 4.39. The van der Waals surface area contributed by atoms with Crippen molar-refractivity contribution in [3.05, 3.63) is 47.1 Å². The van der Waals surface area contributed by atoms with Gasteiger partial charge in [-0.05, 0) is 37.5 Å². The summed E-state index contributed by atoms with van der Waals surface area (Å²) in [5, 5.41) is -0.252. The molecule has 5 rings (SSSR count). The summed E-state index contributed by atoms with van der Waals surface area (Å²) >= 11 is 6.33. The summed E-state index contributed by atoms with van der Waals surface area (Å²) in [7, 11) is 0. The largest absolute Gasteiger partial charge is 0.464 e. The fourth-order valence-electron chi connectivity index (χ4n) is 4.13. The number of carbonyl (C=O) groups is 2. The van der Waals surface area contributed by atoms with E-state index in [9.17, 15) is 22.8 Å². The van der Waals surface area contributed by atoms with Gasteiger partial charge in [-0.2, -0.15) is 13.2 Å². The third kappa shape index (κ3) is 3.42. The van der Waals surface area contributed by atoms with Crippen molar-refractivity contribution in [2.75, 3.05) is 19.6 Å². The fraction of sp³-hybridized carbons (Fsp3) is 0.381. The lowest BCUT2D eigenvalue weighted by atomic mass is 9.91. The average molecular weight is 467 g/mol. The zero-order valence-electron chi connectivity index (χ0n) is 16.7. The number of hydrogen-bond donors (Lipinski definition) is 0. The van der Waals surface area contributed by atoms with E-state index in [0.717, 1.165) is 29.7 Å². The van der Waals surface area contributed by atoms with E-state index < -0.39 is 23.3 Å². The van der Waals surface area contributed by atoms with Crippen LogP contribution in [0.1, 0.15) is 35.3 Å². The van der Waals surface area contributed by atoms with Crippen molar-refractivity contribution in [3.8, 4) is 11.3 Å². The molecule has 0 spiro atoms. The number of imidazole rings is 1. The third-order valence-corrected chi connectivity index (χ3v) is 6.40. The summed E-state index contributed by atoms with van der Waals surface area (Å²) in [5.74, 6) is -0.633. The van der Waals surface area contributed by atoms with Gasteiger partial charge in [-0.3, -0.25) is 14.0 Å². The van der Waals surface area contributed by atoms with Crippen LogP contribution in [0.15, 0.2) is 35.1 Å². The second-order valence-corrected chi connectivity index (χ2v) is 8.32. The Kier molecular flexibility index (Phi) is 4.92. The van der Waals surface area contributed by atoms with Crippen LogP contribution in [0, 0.1) is 0 Å². The predicted octanol–water partition coefficient (Wildman–Crippen LogP) is 4.10. The van der Waals surface area contributed by atoms with Crippen LogP contribution >= 0.6 is 11.6 Å². The molecule has 7 nitrogen and oxygen atoms in total. The third-order valence-electron chi connectivity index (χ3n) is 6.04. The van der Waals surface area contributed by atoms with E-state index in [0.29, 0.717) is 6.54 Å². The maximum absolute atomic E-state index is 13.8. The Morgan fingerprint density at radius 1 is 1.25 bits per heavy atom. The van der Waals surface area contributed by atoms with Gasteiger partial charge in [0.2, 0.25) is 5.91 Å². The number of carbonyl (C=O) groups excluding carboxylic acids is 2. The molecule has 2 amide bonds. The number of piperazine rings is 1. The number of fused-ring (bicyclic) bond motifs is 1. The SMILES string of the molecule is O=C(c1nc2c(C(F)(F)F)cc(-c3ccco3)cn2c1Cl)N1CCN(C2CCC2)C(=O)C1. The highest BCUT2D eigenvalue weighted by atomic mass is 35.5. The van der Waals surface area contributed by atoms with E-state index >= 15 is 0 Å². The lowest BCUT2D eigenvalue weighted by Crippen LogP contribution is -2.56. The molecule has 1 aliphatic carbocycles. The number of hydrogen-bond acceptors (Lipinski definition) is 4. The van der Waals surface area contributed by atoms with Crippen molar-refractivity contribution in [2.45, 2.75) is 31.5 Å². The van der Waals surface area contributed by atoms with E-state index in [1.54, 1.807) is 11.0 Å². The molecule has 0 unspecified atom stereocenters. The minimum Gasteiger partial charge on any atom is -0.464 e.